The van der Waals surface area contributed by atoms with Gasteiger partial charge in [0, 0.05) is 18.8 Å². The van der Waals surface area contributed by atoms with E-state index >= 15 is 0 Å². The summed E-state index contributed by atoms with van der Waals surface area (Å²) in [5.41, 5.74) is 0.946. The number of ketones is 1. The Bertz CT molecular complexity index is 260. The molecular formula is C9H10ClNO. The van der Waals surface area contributed by atoms with Crippen molar-refractivity contribution in [1.82, 2.24) is 4.98 Å². The number of halogens is 1. The number of aromatic nitrogens is 1. The van der Waals surface area contributed by atoms with E-state index in [0.29, 0.717) is 6.42 Å². The highest BCUT2D eigenvalue weighted by Crippen LogP contribution is 2.23. The van der Waals surface area contributed by atoms with Crippen molar-refractivity contribution in [3.05, 3.63) is 30.1 Å². The molecule has 1 aromatic rings. The van der Waals surface area contributed by atoms with Crippen LogP contribution in [0.2, 0.25) is 0 Å². The van der Waals surface area contributed by atoms with Crippen molar-refractivity contribution < 1.29 is 4.79 Å². The molecule has 0 spiro atoms. The number of rotatable bonds is 3. The lowest BCUT2D eigenvalue weighted by Gasteiger charge is -2.05. The third kappa shape index (κ3) is 2.62. The topological polar surface area (TPSA) is 30.0 Å². The molecule has 0 aliphatic rings. The number of hydrogen-bond donors (Lipinski definition) is 0. The molecule has 0 N–H and O–H groups in total. The summed E-state index contributed by atoms with van der Waals surface area (Å²) in [5.74, 6) is 0.104. The molecule has 0 aromatic carbocycles. The zero-order valence-corrected chi connectivity index (χ0v) is 7.58. The van der Waals surface area contributed by atoms with E-state index in [0.717, 1.165) is 5.56 Å². The van der Waals surface area contributed by atoms with Gasteiger partial charge in [-0.3, -0.25) is 9.78 Å². The maximum Gasteiger partial charge on any atom is 0.131 e. The van der Waals surface area contributed by atoms with E-state index in [2.05, 4.69) is 4.98 Å². The van der Waals surface area contributed by atoms with Gasteiger partial charge in [0.15, 0.2) is 0 Å². The molecule has 3 heteroatoms. The smallest absolute Gasteiger partial charge is 0.131 e. The average molecular weight is 184 g/mol. The second-order valence-corrected chi connectivity index (χ2v) is 3.18. The van der Waals surface area contributed by atoms with Crippen LogP contribution < -0.4 is 0 Å². The van der Waals surface area contributed by atoms with Gasteiger partial charge in [0.2, 0.25) is 0 Å². The van der Waals surface area contributed by atoms with Gasteiger partial charge in [-0.25, -0.2) is 0 Å². The number of nitrogens with zero attached hydrogens (tertiary/aromatic N) is 1. The molecule has 1 aromatic heterocycles. The van der Waals surface area contributed by atoms with E-state index in [4.69, 9.17) is 11.6 Å². The van der Waals surface area contributed by atoms with Gasteiger partial charge in [-0.1, -0.05) is 0 Å². The van der Waals surface area contributed by atoms with E-state index in [1.807, 2.05) is 12.1 Å². The van der Waals surface area contributed by atoms with Gasteiger partial charge >= 0.3 is 0 Å². The summed E-state index contributed by atoms with van der Waals surface area (Å²) in [5, 5.41) is -0.217. The molecule has 0 aliphatic carbocycles. The number of alkyl halides is 1. The Hall–Kier alpha value is -0.890. The van der Waals surface area contributed by atoms with Crippen LogP contribution in [-0.4, -0.2) is 10.8 Å². The van der Waals surface area contributed by atoms with Crippen LogP contribution in [0, 0.1) is 0 Å². The minimum absolute atomic E-state index is 0.104. The van der Waals surface area contributed by atoms with Crippen molar-refractivity contribution in [2.45, 2.75) is 18.7 Å². The van der Waals surface area contributed by atoms with Crippen LogP contribution in [-0.2, 0) is 4.79 Å². The van der Waals surface area contributed by atoms with Crippen LogP contribution in [0.4, 0.5) is 0 Å². The Labute approximate surface area is 76.6 Å². The molecule has 0 saturated carbocycles. The summed E-state index contributed by atoms with van der Waals surface area (Å²) in [7, 11) is 0. The summed E-state index contributed by atoms with van der Waals surface area (Å²) >= 11 is 5.95. The van der Waals surface area contributed by atoms with Gasteiger partial charge in [-0.2, -0.15) is 0 Å². The van der Waals surface area contributed by atoms with Gasteiger partial charge in [0.1, 0.15) is 5.78 Å². The van der Waals surface area contributed by atoms with Crippen molar-refractivity contribution in [3.63, 3.8) is 0 Å². The van der Waals surface area contributed by atoms with Crippen LogP contribution in [0.15, 0.2) is 24.5 Å². The monoisotopic (exact) mass is 183 g/mol. The fourth-order valence-corrected chi connectivity index (χ4v) is 1.31. The average Bonchev–Trinajstić information content (AvgIpc) is 2.05. The highest BCUT2D eigenvalue weighted by atomic mass is 35.5. The van der Waals surface area contributed by atoms with Crippen molar-refractivity contribution in [1.29, 1.82) is 0 Å². The second kappa shape index (κ2) is 4.21. The predicted molar refractivity (Wildman–Crippen MR) is 48.1 cm³/mol. The molecule has 0 fully saturated rings. The molecule has 1 heterocycles. The SMILES string of the molecule is CC(=O)CC(Cl)c1ccncc1. The summed E-state index contributed by atoms with van der Waals surface area (Å²) in [6.07, 6.45) is 3.72. The zero-order chi connectivity index (χ0) is 8.97. The van der Waals surface area contributed by atoms with Crippen molar-refractivity contribution in [3.8, 4) is 0 Å². The van der Waals surface area contributed by atoms with E-state index in [1.165, 1.54) is 6.92 Å². The fourth-order valence-electron chi connectivity index (χ4n) is 0.942. The standard InChI is InChI=1S/C9H10ClNO/c1-7(12)6-9(10)8-2-4-11-5-3-8/h2-5,9H,6H2,1H3. The summed E-state index contributed by atoms with van der Waals surface area (Å²) in [6.45, 7) is 1.54. The number of carbonyl (C=O) groups excluding carboxylic acids is 1. The van der Waals surface area contributed by atoms with Crippen LogP contribution in [0.1, 0.15) is 24.3 Å². The van der Waals surface area contributed by atoms with Crippen LogP contribution >= 0.6 is 11.6 Å². The first-order valence-electron chi connectivity index (χ1n) is 3.73. The normalized spacial score (nSPS) is 12.5. The highest BCUT2D eigenvalue weighted by Gasteiger charge is 2.09. The zero-order valence-electron chi connectivity index (χ0n) is 6.83. The Kier molecular flexibility index (Phi) is 3.23. The van der Waals surface area contributed by atoms with Gasteiger partial charge in [0.25, 0.3) is 0 Å². The van der Waals surface area contributed by atoms with Gasteiger partial charge < -0.3 is 0 Å². The first-order chi connectivity index (χ1) is 5.70. The minimum atomic E-state index is -0.217. The summed E-state index contributed by atoms with van der Waals surface area (Å²) < 4.78 is 0. The quantitative estimate of drug-likeness (QED) is 0.674. The molecule has 0 aliphatic heterocycles. The summed E-state index contributed by atoms with van der Waals surface area (Å²) in [6, 6.07) is 3.64. The molecule has 1 atom stereocenters. The van der Waals surface area contributed by atoms with Crippen LogP contribution in [0.25, 0.3) is 0 Å². The molecular weight excluding hydrogens is 174 g/mol. The maximum atomic E-state index is 10.7. The minimum Gasteiger partial charge on any atom is -0.300 e. The molecule has 0 saturated heterocycles. The first-order valence-corrected chi connectivity index (χ1v) is 4.17. The van der Waals surface area contributed by atoms with Gasteiger partial charge in [-0.05, 0) is 24.6 Å². The maximum absolute atomic E-state index is 10.7. The molecule has 0 amide bonds. The molecule has 2 nitrogen and oxygen atoms in total. The molecule has 1 unspecified atom stereocenters. The lowest BCUT2D eigenvalue weighted by atomic mass is 10.1. The Morgan fingerprint density at radius 1 is 1.58 bits per heavy atom. The number of Topliss-reactive ketones (excluding diaryl/α,β-unsaturated/α-hetero) is 1. The van der Waals surface area contributed by atoms with Crippen LogP contribution in [0.3, 0.4) is 0 Å². The van der Waals surface area contributed by atoms with Gasteiger partial charge in [0.05, 0.1) is 5.38 Å². The largest absolute Gasteiger partial charge is 0.300 e. The number of hydrogen-bond acceptors (Lipinski definition) is 2. The van der Waals surface area contributed by atoms with Crippen molar-refractivity contribution in [2.75, 3.05) is 0 Å². The first kappa shape index (κ1) is 9.20. The molecule has 12 heavy (non-hydrogen) atoms. The lowest BCUT2D eigenvalue weighted by Crippen LogP contribution is -1.97. The Balaban J connectivity index is 2.65. The Morgan fingerprint density at radius 2 is 2.17 bits per heavy atom. The molecule has 64 valence electrons. The highest BCUT2D eigenvalue weighted by molar-refractivity contribution is 6.21. The third-order valence-electron chi connectivity index (χ3n) is 1.53. The predicted octanol–water partition coefficient (Wildman–Crippen LogP) is 2.34. The second-order valence-electron chi connectivity index (χ2n) is 2.65. The van der Waals surface area contributed by atoms with E-state index in [-0.39, 0.29) is 11.2 Å². The van der Waals surface area contributed by atoms with E-state index in [1.54, 1.807) is 12.4 Å². The van der Waals surface area contributed by atoms with E-state index in [9.17, 15) is 4.79 Å². The van der Waals surface area contributed by atoms with E-state index < -0.39 is 0 Å². The van der Waals surface area contributed by atoms with Crippen molar-refractivity contribution in [2.24, 2.45) is 0 Å². The third-order valence-corrected chi connectivity index (χ3v) is 1.94. The van der Waals surface area contributed by atoms with Crippen LogP contribution in [0.5, 0.6) is 0 Å². The molecule has 0 bridgehead atoms. The Morgan fingerprint density at radius 3 is 2.67 bits per heavy atom. The lowest BCUT2D eigenvalue weighted by molar-refractivity contribution is -0.117. The fraction of sp³-hybridized carbons (Fsp3) is 0.333. The van der Waals surface area contributed by atoms with Crippen molar-refractivity contribution >= 4 is 17.4 Å². The van der Waals surface area contributed by atoms with Gasteiger partial charge in [-0.15, -0.1) is 11.6 Å². The number of carbonyl (C=O) groups is 1. The summed E-state index contributed by atoms with van der Waals surface area (Å²) in [4.78, 5) is 14.6. The molecule has 0 radical (unpaired) electrons. The molecule has 1 rings (SSSR count). The number of pyridine rings is 1.